The molecule has 0 radical (unpaired) electrons. The van der Waals surface area contributed by atoms with E-state index in [2.05, 4.69) is 4.98 Å². The van der Waals surface area contributed by atoms with Gasteiger partial charge < -0.3 is 19.8 Å². The van der Waals surface area contributed by atoms with Crippen LogP contribution in [-0.2, 0) is 0 Å². The van der Waals surface area contributed by atoms with Crippen molar-refractivity contribution >= 4 is 5.82 Å². The van der Waals surface area contributed by atoms with Gasteiger partial charge in [-0.05, 0) is 18.6 Å². The molecular weight excluding hydrogens is 218 g/mol. The number of aryl methyl sites for hydroxylation is 1. The van der Waals surface area contributed by atoms with Gasteiger partial charge in [0.2, 0.25) is 0 Å². The van der Waals surface area contributed by atoms with E-state index in [1.165, 1.54) is 0 Å². The van der Waals surface area contributed by atoms with Gasteiger partial charge in [-0.15, -0.1) is 0 Å². The highest BCUT2D eigenvalue weighted by molar-refractivity contribution is 5.54. The molecule has 0 amide bonds. The van der Waals surface area contributed by atoms with Crippen molar-refractivity contribution < 1.29 is 9.47 Å². The minimum Gasteiger partial charge on any atom is -0.493 e. The number of aromatic nitrogens is 2. The number of anilines is 1. The van der Waals surface area contributed by atoms with Crippen LogP contribution in [0.3, 0.4) is 0 Å². The van der Waals surface area contributed by atoms with Gasteiger partial charge in [0, 0.05) is 6.07 Å². The van der Waals surface area contributed by atoms with E-state index in [4.69, 9.17) is 15.2 Å². The molecule has 0 aliphatic carbocycles. The summed E-state index contributed by atoms with van der Waals surface area (Å²) in [6.45, 7) is 1.96. The smallest absolute Gasteiger partial charge is 0.163 e. The number of rotatable bonds is 3. The highest BCUT2D eigenvalue weighted by Gasteiger charge is 2.10. The van der Waals surface area contributed by atoms with E-state index in [9.17, 15) is 0 Å². The van der Waals surface area contributed by atoms with Gasteiger partial charge in [0.25, 0.3) is 0 Å². The summed E-state index contributed by atoms with van der Waals surface area (Å²) in [4.78, 5) is 3.99. The predicted molar refractivity (Wildman–Crippen MR) is 65.8 cm³/mol. The normalized spacial score (nSPS) is 10.3. The van der Waals surface area contributed by atoms with Crippen molar-refractivity contribution in [1.82, 2.24) is 9.55 Å². The number of nitrogens with two attached hydrogens (primary N) is 1. The SMILES string of the molecule is COc1cc(-n2cnc(N)c2)cc(C)c1OC. The zero-order valence-electron chi connectivity index (χ0n) is 10.1. The summed E-state index contributed by atoms with van der Waals surface area (Å²) in [7, 11) is 3.24. The van der Waals surface area contributed by atoms with Crippen molar-refractivity contribution in [2.45, 2.75) is 6.92 Å². The fourth-order valence-corrected chi connectivity index (χ4v) is 1.76. The first-order valence-corrected chi connectivity index (χ1v) is 5.18. The molecule has 0 spiro atoms. The standard InChI is InChI=1S/C12H15N3O2/c1-8-4-9(15-6-11(13)14-7-15)5-10(16-2)12(8)17-3/h4-7H,13H2,1-3H3. The molecule has 2 aromatic rings. The van der Waals surface area contributed by atoms with Crippen LogP contribution in [0.5, 0.6) is 11.5 Å². The summed E-state index contributed by atoms with van der Waals surface area (Å²) in [5.74, 6) is 1.91. The van der Waals surface area contributed by atoms with Gasteiger partial charge in [-0.1, -0.05) is 0 Å². The summed E-state index contributed by atoms with van der Waals surface area (Å²) in [5.41, 5.74) is 7.52. The monoisotopic (exact) mass is 233 g/mol. The van der Waals surface area contributed by atoms with Crippen molar-refractivity contribution in [3.63, 3.8) is 0 Å². The third kappa shape index (κ3) is 2.04. The Morgan fingerprint density at radius 3 is 2.53 bits per heavy atom. The fraction of sp³-hybridized carbons (Fsp3) is 0.250. The van der Waals surface area contributed by atoms with Crippen molar-refractivity contribution in [3.8, 4) is 17.2 Å². The highest BCUT2D eigenvalue weighted by atomic mass is 16.5. The number of nitrogens with zero attached hydrogens (tertiary/aromatic N) is 2. The van der Waals surface area contributed by atoms with Gasteiger partial charge in [-0.3, -0.25) is 0 Å². The summed E-state index contributed by atoms with van der Waals surface area (Å²) >= 11 is 0. The third-order valence-electron chi connectivity index (χ3n) is 2.55. The maximum absolute atomic E-state index is 5.59. The maximum atomic E-state index is 5.59. The number of hydrogen-bond acceptors (Lipinski definition) is 4. The Balaban J connectivity index is 2.53. The van der Waals surface area contributed by atoms with Crippen LogP contribution in [0.25, 0.3) is 5.69 Å². The van der Waals surface area contributed by atoms with Gasteiger partial charge >= 0.3 is 0 Å². The molecule has 0 bridgehead atoms. The number of ether oxygens (including phenoxy) is 2. The Bertz CT molecular complexity index is 535. The molecule has 5 nitrogen and oxygen atoms in total. The molecule has 0 atom stereocenters. The van der Waals surface area contributed by atoms with Crippen LogP contribution in [0.1, 0.15) is 5.56 Å². The Kier molecular flexibility index (Phi) is 2.91. The minimum absolute atomic E-state index is 0.484. The Morgan fingerprint density at radius 1 is 1.24 bits per heavy atom. The van der Waals surface area contributed by atoms with Gasteiger partial charge in [0.15, 0.2) is 11.5 Å². The average molecular weight is 233 g/mol. The highest BCUT2D eigenvalue weighted by Crippen LogP contribution is 2.33. The second-order valence-corrected chi connectivity index (χ2v) is 3.70. The summed E-state index contributed by atoms with van der Waals surface area (Å²) < 4.78 is 12.4. The van der Waals surface area contributed by atoms with Gasteiger partial charge in [0.1, 0.15) is 12.1 Å². The number of methoxy groups -OCH3 is 2. The molecule has 0 saturated heterocycles. The lowest BCUT2D eigenvalue weighted by molar-refractivity contribution is 0.353. The van der Waals surface area contributed by atoms with Gasteiger partial charge in [-0.2, -0.15) is 0 Å². The lowest BCUT2D eigenvalue weighted by atomic mass is 10.2. The van der Waals surface area contributed by atoms with Crippen LogP contribution in [-0.4, -0.2) is 23.8 Å². The van der Waals surface area contributed by atoms with E-state index in [0.717, 1.165) is 17.0 Å². The molecule has 2 N–H and O–H groups in total. The zero-order valence-corrected chi connectivity index (χ0v) is 10.1. The van der Waals surface area contributed by atoms with Crippen molar-refractivity contribution in [2.75, 3.05) is 20.0 Å². The third-order valence-corrected chi connectivity index (χ3v) is 2.55. The van der Waals surface area contributed by atoms with Crippen LogP contribution >= 0.6 is 0 Å². The molecule has 5 heteroatoms. The lowest BCUT2D eigenvalue weighted by Crippen LogP contribution is -1.97. The molecule has 1 heterocycles. The largest absolute Gasteiger partial charge is 0.493 e. The summed E-state index contributed by atoms with van der Waals surface area (Å²) in [6, 6.07) is 3.87. The topological polar surface area (TPSA) is 62.3 Å². The minimum atomic E-state index is 0.484. The molecular formula is C12H15N3O2. The van der Waals surface area contributed by atoms with Gasteiger partial charge in [0.05, 0.1) is 26.1 Å². The molecule has 1 aromatic heterocycles. The molecule has 0 aliphatic heterocycles. The average Bonchev–Trinajstić information content (AvgIpc) is 2.74. The van der Waals surface area contributed by atoms with Crippen LogP contribution in [0.4, 0.5) is 5.82 Å². The molecule has 90 valence electrons. The van der Waals surface area contributed by atoms with Crippen molar-refractivity contribution in [3.05, 3.63) is 30.2 Å². The van der Waals surface area contributed by atoms with Crippen molar-refractivity contribution in [1.29, 1.82) is 0 Å². The summed E-state index contributed by atoms with van der Waals surface area (Å²) in [6.07, 6.45) is 3.41. The Labute approximate surface area is 99.8 Å². The fourth-order valence-electron chi connectivity index (χ4n) is 1.76. The second kappa shape index (κ2) is 4.37. The molecule has 0 fully saturated rings. The Hall–Kier alpha value is -2.17. The predicted octanol–water partition coefficient (Wildman–Crippen LogP) is 1.78. The molecule has 0 unspecified atom stereocenters. The van der Waals surface area contributed by atoms with Crippen LogP contribution < -0.4 is 15.2 Å². The Morgan fingerprint density at radius 2 is 2.00 bits per heavy atom. The lowest BCUT2D eigenvalue weighted by Gasteiger charge is -2.13. The molecule has 0 aliphatic rings. The number of imidazole rings is 1. The summed E-state index contributed by atoms with van der Waals surface area (Å²) in [5, 5.41) is 0. The molecule has 0 saturated carbocycles. The van der Waals surface area contributed by atoms with Crippen LogP contribution in [0, 0.1) is 6.92 Å². The van der Waals surface area contributed by atoms with Crippen molar-refractivity contribution in [2.24, 2.45) is 0 Å². The van der Waals surface area contributed by atoms with E-state index in [1.807, 2.05) is 23.6 Å². The van der Waals surface area contributed by atoms with E-state index < -0.39 is 0 Å². The first-order valence-electron chi connectivity index (χ1n) is 5.18. The van der Waals surface area contributed by atoms with E-state index in [1.54, 1.807) is 26.7 Å². The van der Waals surface area contributed by atoms with Crippen LogP contribution in [0.2, 0.25) is 0 Å². The van der Waals surface area contributed by atoms with E-state index in [-0.39, 0.29) is 0 Å². The number of hydrogen-bond donors (Lipinski definition) is 1. The molecule has 17 heavy (non-hydrogen) atoms. The first kappa shape index (κ1) is 11.3. The number of nitrogen functional groups attached to an aromatic ring is 1. The van der Waals surface area contributed by atoms with E-state index in [0.29, 0.717) is 11.6 Å². The zero-order chi connectivity index (χ0) is 12.4. The molecule has 1 aromatic carbocycles. The molecule has 2 rings (SSSR count). The number of benzene rings is 1. The van der Waals surface area contributed by atoms with E-state index >= 15 is 0 Å². The van der Waals surface area contributed by atoms with Crippen LogP contribution in [0.15, 0.2) is 24.7 Å². The maximum Gasteiger partial charge on any atom is 0.163 e. The first-order chi connectivity index (χ1) is 8.15. The second-order valence-electron chi connectivity index (χ2n) is 3.70. The van der Waals surface area contributed by atoms with Gasteiger partial charge in [-0.25, -0.2) is 4.98 Å². The quantitative estimate of drug-likeness (QED) is 0.877.